The van der Waals surface area contributed by atoms with Gasteiger partial charge in [-0.1, -0.05) is 30.3 Å². The number of piperazine rings is 1. The van der Waals surface area contributed by atoms with Gasteiger partial charge in [-0.15, -0.1) is 0 Å². The molecular formula is C22H24N6O. The van der Waals surface area contributed by atoms with Gasteiger partial charge in [0, 0.05) is 44.6 Å². The Balaban J connectivity index is 1.34. The van der Waals surface area contributed by atoms with Crippen LogP contribution in [0.5, 0.6) is 0 Å². The molecule has 0 spiro atoms. The fourth-order valence-electron chi connectivity index (χ4n) is 3.41. The van der Waals surface area contributed by atoms with Crippen LogP contribution in [0, 0.1) is 0 Å². The molecule has 2 aromatic heterocycles. The molecule has 7 heteroatoms. The van der Waals surface area contributed by atoms with Gasteiger partial charge in [0.15, 0.2) is 0 Å². The monoisotopic (exact) mass is 388 g/mol. The second-order valence-corrected chi connectivity index (χ2v) is 7.04. The van der Waals surface area contributed by atoms with Crippen LogP contribution in [-0.2, 0) is 0 Å². The molecule has 1 N–H and O–H groups in total. The summed E-state index contributed by atoms with van der Waals surface area (Å²) in [7, 11) is 0. The van der Waals surface area contributed by atoms with Crippen LogP contribution in [0.3, 0.4) is 0 Å². The number of aromatic nitrogens is 3. The molecule has 1 unspecified atom stereocenters. The van der Waals surface area contributed by atoms with E-state index in [4.69, 9.17) is 0 Å². The standard InChI is InChI=1S/C22H24N6O/c1-17(18-6-3-2-4-7-18)26-19-8-9-20(25-16-19)21(29)27-12-14-28(15-13-27)22-23-10-5-11-24-22/h2-11,16-17,26H,12-15H2,1H3. The van der Waals surface area contributed by atoms with Crippen molar-refractivity contribution in [2.75, 3.05) is 36.4 Å². The molecule has 1 atom stereocenters. The predicted molar refractivity (Wildman–Crippen MR) is 113 cm³/mol. The molecule has 1 aromatic carbocycles. The third kappa shape index (κ3) is 4.51. The second-order valence-electron chi connectivity index (χ2n) is 7.04. The van der Waals surface area contributed by atoms with Crippen molar-refractivity contribution in [1.29, 1.82) is 0 Å². The minimum atomic E-state index is -0.0405. The van der Waals surface area contributed by atoms with E-state index in [1.165, 1.54) is 5.56 Å². The van der Waals surface area contributed by atoms with Crippen LogP contribution in [0.2, 0.25) is 0 Å². The Kier molecular flexibility index (Phi) is 5.65. The first kappa shape index (κ1) is 18.9. The van der Waals surface area contributed by atoms with Crippen LogP contribution in [-0.4, -0.2) is 51.9 Å². The smallest absolute Gasteiger partial charge is 0.272 e. The van der Waals surface area contributed by atoms with Gasteiger partial charge in [-0.25, -0.2) is 15.0 Å². The maximum absolute atomic E-state index is 12.8. The summed E-state index contributed by atoms with van der Waals surface area (Å²) < 4.78 is 0. The van der Waals surface area contributed by atoms with Crippen LogP contribution < -0.4 is 10.2 Å². The lowest BCUT2D eigenvalue weighted by atomic mass is 10.1. The molecule has 0 aliphatic carbocycles. The van der Waals surface area contributed by atoms with Crippen LogP contribution >= 0.6 is 0 Å². The Hall–Kier alpha value is -3.48. The number of carbonyl (C=O) groups is 1. The summed E-state index contributed by atoms with van der Waals surface area (Å²) in [6.45, 7) is 4.78. The Morgan fingerprint density at radius 2 is 1.66 bits per heavy atom. The van der Waals surface area contributed by atoms with Crippen molar-refractivity contribution in [2.45, 2.75) is 13.0 Å². The number of hydrogen-bond donors (Lipinski definition) is 1. The Morgan fingerprint density at radius 1 is 0.931 bits per heavy atom. The second kappa shape index (κ2) is 8.68. The van der Waals surface area contributed by atoms with Crippen LogP contribution in [0.15, 0.2) is 67.1 Å². The summed E-state index contributed by atoms with van der Waals surface area (Å²) in [4.78, 5) is 29.7. The molecule has 29 heavy (non-hydrogen) atoms. The van der Waals surface area contributed by atoms with Crippen LogP contribution in [0.4, 0.5) is 11.6 Å². The summed E-state index contributed by atoms with van der Waals surface area (Å²) in [6.07, 6.45) is 5.19. The van der Waals surface area contributed by atoms with Gasteiger partial charge in [-0.05, 0) is 30.7 Å². The first-order valence-corrected chi connectivity index (χ1v) is 9.79. The number of hydrogen-bond acceptors (Lipinski definition) is 6. The molecule has 3 heterocycles. The van der Waals surface area contributed by atoms with Crippen molar-refractivity contribution >= 4 is 17.5 Å². The van der Waals surface area contributed by atoms with Crippen molar-refractivity contribution in [3.05, 3.63) is 78.4 Å². The van der Waals surface area contributed by atoms with Gasteiger partial charge < -0.3 is 15.1 Å². The van der Waals surface area contributed by atoms with E-state index in [1.54, 1.807) is 30.7 Å². The van der Waals surface area contributed by atoms with Crippen molar-refractivity contribution in [3.8, 4) is 0 Å². The quantitative estimate of drug-likeness (QED) is 0.724. The molecule has 1 fully saturated rings. The number of benzene rings is 1. The fourth-order valence-corrected chi connectivity index (χ4v) is 3.41. The zero-order chi connectivity index (χ0) is 20.1. The third-order valence-electron chi connectivity index (χ3n) is 5.07. The molecule has 4 rings (SSSR count). The number of anilines is 2. The van der Waals surface area contributed by atoms with Crippen molar-refractivity contribution in [3.63, 3.8) is 0 Å². The topological polar surface area (TPSA) is 74.2 Å². The number of nitrogens with one attached hydrogen (secondary N) is 1. The zero-order valence-corrected chi connectivity index (χ0v) is 16.4. The summed E-state index contributed by atoms with van der Waals surface area (Å²) in [6, 6.07) is 15.9. The summed E-state index contributed by atoms with van der Waals surface area (Å²) in [5, 5.41) is 3.42. The predicted octanol–water partition coefficient (Wildman–Crippen LogP) is 3.01. The van der Waals surface area contributed by atoms with Gasteiger partial charge in [0.25, 0.3) is 5.91 Å². The normalized spacial score (nSPS) is 15.1. The van der Waals surface area contributed by atoms with Gasteiger partial charge in [0.2, 0.25) is 5.95 Å². The third-order valence-corrected chi connectivity index (χ3v) is 5.07. The van der Waals surface area contributed by atoms with E-state index in [1.807, 2.05) is 29.2 Å². The van der Waals surface area contributed by atoms with E-state index < -0.39 is 0 Å². The van der Waals surface area contributed by atoms with E-state index in [-0.39, 0.29) is 11.9 Å². The SMILES string of the molecule is CC(Nc1ccc(C(=O)N2CCN(c3ncccn3)CC2)nc1)c1ccccc1. The molecule has 148 valence electrons. The molecule has 1 amide bonds. The molecule has 1 saturated heterocycles. The summed E-state index contributed by atoms with van der Waals surface area (Å²) in [5.41, 5.74) is 2.56. The van der Waals surface area contributed by atoms with Gasteiger partial charge in [0.1, 0.15) is 5.69 Å². The average Bonchev–Trinajstić information content (AvgIpc) is 2.80. The molecule has 1 aliphatic heterocycles. The van der Waals surface area contributed by atoms with Crippen LogP contribution in [0.1, 0.15) is 29.0 Å². The van der Waals surface area contributed by atoms with E-state index in [0.29, 0.717) is 37.8 Å². The Morgan fingerprint density at radius 3 is 2.31 bits per heavy atom. The zero-order valence-electron chi connectivity index (χ0n) is 16.4. The van der Waals surface area contributed by atoms with Crippen molar-refractivity contribution < 1.29 is 4.79 Å². The molecule has 0 radical (unpaired) electrons. The summed E-state index contributed by atoms with van der Waals surface area (Å²) >= 11 is 0. The first-order chi connectivity index (χ1) is 14.2. The summed E-state index contributed by atoms with van der Waals surface area (Å²) in [5.74, 6) is 0.668. The Bertz CT molecular complexity index is 925. The molecule has 0 saturated carbocycles. The molecule has 1 aliphatic rings. The number of carbonyl (C=O) groups excluding carboxylic acids is 1. The van der Waals surface area contributed by atoms with E-state index >= 15 is 0 Å². The van der Waals surface area contributed by atoms with E-state index in [2.05, 4.69) is 44.2 Å². The highest BCUT2D eigenvalue weighted by molar-refractivity contribution is 5.92. The number of nitrogens with zero attached hydrogens (tertiary/aromatic N) is 5. The van der Waals surface area contributed by atoms with Gasteiger partial charge in [-0.2, -0.15) is 0 Å². The van der Waals surface area contributed by atoms with Crippen LogP contribution in [0.25, 0.3) is 0 Å². The van der Waals surface area contributed by atoms with Gasteiger partial charge >= 0.3 is 0 Å². The lowest BCUT2D eigenvalue weighted by molar-refractivity contribution is 0.0740. The Labute approximate surface area is 170 Å². The largest absolute Gasteiger partial charge is 0.377 e. The lowest BCUT2D eigenvalue weighted by Crippen LogP contribution is -2.49. The minimum absolute atomic E-state index is 0.0405. The van der Waals surface area contributed by atoms with Gasteiger partial charge in [0.05, 0.1) is 11.9 Å². The first-order valence-electron chi connectivity index (χ1n) is 9.79. The van der Waals surface area contributed by atoms with E-state index in [9.17, 15) is 4.79 Å². The van der Waals surface area contributed by atoms with E-state index in [0.717, 1.165) is 5.69 Å². The number of amides is 1. The van der Waals surface area contributed by atoms with Gasteiger partial charge in [-0.3, -0.25) is 4.79 Å². The maximum atomic E-state index is 12.8. The molecule has 3 aromatic rings. The highest BCUT2D eigenvalue weighted by atomic mass is 16.2. The maximum Gasteiger partial charge on any atom is 0.272 e. The lowest BCUT2D eigenvalue weighted by Gasteiger charge is -2.34. The minimum Gasteiger partial charge on any atom is -0.377 e. The molecule has 0 bridgehead atoms. The van der Waals surface area contributed by atoms with Crippen molar-refractivity contribution in [1.82, 2.24) is 19.9 Å². The number of pyridine rings is 1. The number of rotatable bonds is 5. The average molecular weight is 388 g/mol. The fraction of sp³-hybridized carbons (Fsp3) is 0.273. The van der Waals surface area contributed by atoms with Crippen molar-refractivity contribution in [2.24, 2.45) is 0 Å². The highest BCUT2D eigenvalue weighted by Gasteiger charge is 2.24. The molecular weight excluding hydrogens is 364 g/mol. The highest BCUT2D eigenvalue weighted by Crippen LogP contribution is 2.19. The molecule has 7 nitrogen and oxygen atoms in total.